The Balaban J connectivity index is 0.000000164. The fourth-order valence-corrected chi connectivity index (χ4v) is 2.72. The van der Waals surface area contributed by atoms with Crippen LogP contribution in [0.15, 0.2) is 57.5 Å². The van der Waals surface area contributed by atoms with Gasteiger partial charge in [-0.05, 0) is 47.0 Å². The maximum absolute atomic E-state index is 4.87. The molecule has 0 saturated heterocycles. The summed E-state index contributed by atoms with van der Waals surface area (Å²) in [6, 6.07) is 10.0. The van der Waals surface area contributed by atoms with Gasteiger partial charge in [-0.15, -0.1) is 5.11 Å². The fraction of sp³-hybridized carbons (Fsp3) is 0.400. The van der Waals surface area contributed by atoms with Crippen LogP contribution < -0.4 is 11.3 Å². The van der Waals surface area contributed by atoms with Crippen molar-refractivity contribution in [1.82, 2.24) is 9.89 Å². The van der Waals surface area contributed by atoms with E-state index in [-0.39, 0.29) is 0 Å². The van der Waals surface area contributed by atoms with Crippen LogP contribution in [0.4, 0.5) is 5.69 Å². The van der Waals surface area contributed by atoms with E-state index in [1.54, 1.807) is 6.20 Å². The maximum atomic E-state index is 4.87. The molecule has 1 aromatic heterocycles. The van der Waals surface area contributed by atoms with Crippen molar-refractivity contribution >= 4 is 21.6 Å². The molecule has 2 aromatic rings. The Morgan fingerprint density at radius 3 is 2.59 bits per heavy atom. The summed E-state index contributed by atoms with van der Waals surface area (Å²) >= 11 is 3.29. The lowest BCUT2D eigenvalue weighted by molar-refractivity contribution is 0.430. The van der Waals surface area contributed by atoms with Crippen LogP contribution in [-0.4, -0.2) is 15.9 Å². The van der Waals surface area contributed by atoms with Crippen molar-refractivity contribution in [3.05, 3.63) is 47.2 Å². The van der Waals surface area contributed by atoms with E-state index in [4.69, 9.17) is 5.84 Å². The minimum Gasteiger partial charge on any atom is -0.307 e. The minimum absolute atomic E-state index is 0.638. The largest absolute Gasteiger partial charge is 0.307 e. The second-order valence-electron chi connectivity index (χ2n) is 5.08. The molecule has 3 N–H and O–H groups in total. The molecule has 3 rings (SSSR count). The van der Waals surface area contributed by atoms with Gasteiger partial charge in [0.25, 0.3) is 0 Å². The number of aromatic nitrogens is 2. The van der Waals surface area contributed by atoms with Crippen molar-refractivity contribution < 1.29 is 0 Å². The van der Waals surface area contributed by atoms with Crippen LogP contribution in [0.3, 0.4) is 0 Å². The first kappa shape index (κ1) is 16.5. The predicted octanol–water partition coefficient (Wildman–Crippen LogP) is 4.17. The number of halogens is 1. The third-order valence-electron chi connectivity index (χ3n) is 3.44. The topological polar surface area (TPSA) is 80.6 Å². The molecule has 0 bridgehead atoms. The highest BCUT2D eigenvalue weighted by Gasteiger charge is 2.12. The summed E-state index contributed by atoms with van der Waals surface area (Å²) < 4.78 is 0.893. The lowest BCUT2D eigenvalue weighted by Gasteiger charge is -2.23. The summed E-state index contributed by atoms with van der Waals surface area (Å²) in [4.78, 5) is 1.82. The zero-order chi connectivity index (χ0) is 15.6. The molecule has 0 atom stereocenters. The van der Waals surface area contributed by atoms with E-state index in [2.05, 4.69) is 36.8 Å². The second kappa shape index (κ2) is 9.19. The third-order valence-corrected chi connectivity index (χ3v) is 4.11. The van der Waals surface area contributed by atoms with Gasteiger partial charge >= 0.3 is 0 Å². The van der Waals surface area contributed by atoms with E-state index in [9.17, 15) is 0 Å². The molecule has 0 aliphatic heterocycles. The second-order valence-corrected chi connectivity index (χ2v) is 5.94. The van der Waals surface area contributed by atoms with Gasteiger partial charge in [0.2, 0.25) is 0 Å². The number of nitrogens with two attached hydrogens (primary N) is 1. The monoisotopic (exact) mass is 364 g/mol. The summed E-state index contributed by atoms with van der Waals surface area (Å²) in [5, 5.41) is 10.9. The Morgan fingerprint density at radius 1 is 1.18 bits per heavy atom. The maximum Gasteiger partial charge on any atom is 0.102 e. The predicted molar refractivity (Wildman–Crippen MR) is 91.3 cm³/mol. The molecule has 118 valence electrons. The summed E-state index contributed by atoms with van der Waals surface area (Å²) in [5.41, 5.74) is 4.11. The normalized spacial score (nSPS) is 15.3. The molecule has 7 heteroatoms. The van der Waals surface area contributed by atoms with E-state index in [0.717, 1.165) is 10.2 Å². The average Bonchev–Trinajstić information content (AvgIpc) is 3.05. The molecule has 1 heterocycles. The zero-order valence-corrected chi connectivity index (χ0v) is 14.0. The van der Waals surface area contributed by atoms with Gasteiger partial charge < -0.3 is 11.3 Å². The molecule has 0 spiro atoms. The van der Waals surface area contributed by atoms with Gasteiger partial charge in [0.1, 0.15) is 5.69 Å². The van der Waals surface area contributed by atoms with Gasteiger partial charge in [-0.2, -0.15) is 9.89 Å². The molecule has 6 nitrogen and oxygen atoms in total. The third kappa shape index (κ3) is 5.48. The molecule has 0 unspecified atom stereocenters. The van der Waals surface area contributed by atoms with Gasteiger partial charge in [-0.1, -0.05) is 36.6 Å². The number of hydrogen-bond donors (Lipinski definition) is 2. The van der Waals surface area contributed by atoms with E-state index < -0.39 is 0 Å². The van der Waals surface area contributed by atoms with Gasteiger partial charge in [0.15, 0.2) is 0 Å². The van der Waals surface area contributed by atoms with Crippen LogP contribution in [0, 0.1) is 0 Å². The molecule has 1 aliphatic rings. The molecule has 1 aromatic carbocycles. The lowest BCUT2D eigenvalue weighted by Crippen LogP contribution is -2.29. The van der Waals surface area contributed by atoms with Crippen LogP contribution in [0.25, 0.3) is 0 Å². The highest BCUT2D eigenvalue weighted by Crippen LogP contribution is 2.23. The van der Waals surface area contributed by atoms with Crippen molar-refractivity contribution in [2.24, 2.45) is 16.2 Å². The fourth-order valence-electron chi connectivity index (χ4n) is 2.36. The van der Waals surface area contributed by atoms with Gasteiger partial charge in [0, 0.05) is 16.7 Å². The summed E-state index contributed by atoms with van der Waals surface area (Å²) in [6.07, 6.45) is 10.5. The van der Waals surface area contributed by atoms with Crippen LogP contribution in [0.1, 0.15) is 32.1 Å². The molecule has 0 radical (unpaired) electrons. The van der Waals surface area contributed by atoms with Crippen molar-refractivity contribution in [3.8, 4) is 0 Å². The van der Waals surface area contributed by atoms with Crippen LogP contribution >= 0.6 is 15.9 Å². The Morgan fingerprint density at radius 2 is 1.95 bits per heavy atom. The first-order valence-corrected chi connectivity index (χ1v) is 8.20. The van der Waals surface area contributed by atoms with Crippen LogP contribution in [-0.2, 0) is 0 Å². The van der Waals surface area contributed by atoms with E-state index in [1.807, 2.05) is 41.3 Å². The standard InChI is InChI=1S/C9H15N3.C6H6BrN3/c1-2-5-9(6-3-1)11-12-8-4-7-10-12;7-5-3-1-2-4-6(5)9-10-8/h4,7-9,11H,1-3,5-6H2;1-4H,(H2,8,9). The lowest BCUT2D eigenvalue weighted by atomic mass is 9.96. The zero-order valence-electron chi connectivity index (χ0n) is 12.4. The quantitative estimate of drug-likeness (QED) is 0.487. The van der Waals surface area contributed by atoms with E-state index in [0.29, 0.717) is 6.04 Å². The highest BCUT2D eigenvalue weighted by molar-refractivity contribution is 9.10. The van der Waals surface area contributed by atoms with Crippen LogP contribution in [0.2, 0.25) is 0 Å². The van der Waals surface area contributed by atoms with Crippen molar-refractivity contribution in [1.29, 1.82) is 0 Å². The van der Waals surface area contributed by atoms with Gasteiger partial charge in [-0.25, -0.2) is 0 Å². The Labute approximate surface area is 138 Å². The van der Waals surface area contributed by atoms with E-state index in [1.165, 1.54) is 32.1 Å². The Bertz CT molecular complexity index is 563. The molecule has 1 saturated carbocycles. The molecule has 22 heavy (non-hydrogen) atoms. The molecule has 0 amide bonds. The van der Waals surface area contributed by atoms with E-state index >= 15 is 0 Å². The molecular weight excluding hydrogens is 344 g/mol. The number of nitrogens with one attached hydrogen (secondary N) is 1. The van der Waals surface area contributed by atoms with Crippen LogP contribution in [0.5, 0.6) is 0 Å². The van der Waals surface area contributed by atoms with Crippen molar-refractivity contribution in [2.45, 2.75) is 38.1 Å². The Kier molecular flexibility index (Phi) is 6.89. The minimum atomic E-state index is 0.638. The van der Waals surface area contributed by atoms with Crippen molar-refractivity contribution in [2.75, 3.05) is 5.43 Å². The SMILES string of the molecule is NN=Nc1ccccc1Br.c1cnn(NC2CCCCC2)c1. The van der Waals surface area contributed by atoms with Gasteiger partial charge in [-0.3, -0.25) is 0 Å². The number of hydrogen-bond acceptors (Lipinski definition) is 4. The summed E-state index contributed by atoms with van der Waals surface area (Å²) in [5.74, 6) is 4.87. The summed E-state index contributed by atoms with van der Waals surface area (Å²) in [7, 11) is 0. The average molecular weight is 365 g/mol. The smallest absolute Gasteiger partial charge is 0.102 e. The molecule has 1 fully saturated rings. The number of nitrogens with zero attached hydrogens (tertiary/aromatic N) is 4. The summed E-state index contributed by atoms with van der Waals surface area (Å²) in [6.45, 7) is 0. The first-order valence-electron chi connectivity index (χ1n) is 7.41. The Hall–Kier alpha value is -1.89. The molecule has 1 aliphatic carbocycles. The number of rotatable bonds is 3. The van der Waals surface area contributed by atoms with Crippen molar-refractivity contribution in [3.63, 3.8) is 0 Å². The first-order chi connectivity index (χ1) is 10.8. The molecular formula is C15H21BrN6. The van der Waals surface area contributed by atoms with Gasteiger partial charge in [0.05, 0.1) is 6.20 Å². The number of benzene rings is 1. The highest BCUT2D eigenvalue weighted by atomic mass is 79.9.